The van der Waals surface area contributed by atoms with Crippen molar-refractivity contribution in [1.29, 1.82) is 0 Å². The van der Waals surface area contributed by atoms with Crippen LogP contribution < -0.4 is 15.8 Å². The van der Waals surface area contributed by atoms with E-state index >= 15 is 0 Å². The van der Waals surface area contributed by atoms with Gasteiger partial charge in [0.05, 0.1) is 5.39 Å². The summed E-state index contributed by atoms with van der Waals surface area (Å²) in [4.78, 5) is 5.03. The molecule has 0 saturated carbocycles. The van der Waals surface area contributed by atoms with E-state index in [4.69, 9.17) is 25.7 Å². The molecule has 2 atom stereocenters. The number of hydrogen-bond acceptors (Lipinski definition) is 10. The van der Waals surface area contributed by atoms with Gasteiger partial charge in [0.2, 0.25) is 0 Å². The molecule has 0 bridgehead atoms. The third kappa shape index (κ3) is 5.90. The molecule has 1 aromatic carbocycles. The molecular formula is C15H25N3O5S2. The number of hydrogen-bond donors (Lipinski definition) is 5. The molecule has 1 aliphatic rings. The normalized spacial score (nSPS) is 20.8. The number of nitrogens with zero attached hydrogens (tertiary/aromatic N) is 1. The fraction of sp³-hybridized carbons (Fsp3) is 0.600. The van der Waals surface area contributed by atoms with Gasteiger partial charge in [0.15, 0.2) is 11.5 Å². The van der Waals surface area contributed by atoms with Crippen LogP contribution in [0.3, 0.4) is 0 Å². The van der Waals surface area contributed by atoms with Crippen molar-refractivity contribution >= 4 is 21.6 Å². The van der Waals surface area contributed by atoms with Crippen molar-refractivity contribution in [2.45, 2.75) is 25.2 Å². The number of rotatable bonds is 9. The standard InChI is InChI=1S/C15H25N3O5S2/c1-15(2)8-24-25-14(15)7-17-6-13(23-18(20)21)10-3-4-11(19)12(5-10)22-9-16/h3-5,13-14,17,19-21H,6-9,16H2,1-2H3. The van der Waals surface area contributed by atoms with Crippen LogP contribution in [-0.4, -0.2) is 51.7 Å². The second kappa shape index (κ2) is 9.28. The smallest absolute Gasteiger partial charge is 0.163 e. The predicted molar refractivity (Wildman–Crippen MR) is 97.5 cm³/mol. The predicted octanol–water partition coefficient (Wildman–Crippen LogP) is 2.12. The van der Waals surface area contributed by atoms with Gasteiger partial charge in [-0.25, -0.2) is 4.84 Å². The molecule has 1 heterocycles. The quantitative estimate of drug-likeness (QED) is 0.243. The molecule has 0 aromatic heterocycles. The zero-order chi connectivity index (χ0) is 18.4. The highest BCUT2D eigenvalue weighted by atomic mass is 33.1. The van der Waals surface area contributed by atoms with Crippen LogP contribution in [0.5, 0.6) is 11.5 Å². The largest absolute Gasteiger partial charge is 0.504 e. The maximum Gasteiger partial charge on any atom is 0.163 e. The van der Waals surface area contributed by atoms with Crippen molar-refractivity contribution in [2.24, 2.45) is 11.1 Å². The van der Waals surface area contributed by atoms with Crippen molar-refractivity contribution < 1.29 is 25.1 Å². The lowest BCUT2D eigenvalue weighted by Crippen LogP contribution is -2.37. The topological polar surface area (TPSA) is 120 Å². The van der Waals surface area contributed by atoms with Gasteiger partial charge in [-0.2, -0.15) is 0 Å². The molecular weight excluding hydrogens is 366 g/mol. The monoisotopic (exact) mass is 391 g/mol. The Labute approximate surface area is 154 Å². The molecule has 8 nitrogen and oxygen atoms in total. The second-order valence-electron chi connectivity index (χ2n) is 6.38. The lowest BCUT2D eigenvalue weighted by molar-refractivity contribution is -0.506. The summed E-state index contributed by atoms with van der Waals surface area (Å²) in [6.07, 6.45) is -0.683. The van der Waals surface area contributed by atoms with Crippen molar-refractivity contribution in [3.8, 4) is 11.5 Å². The Kier molecular flexibility index (Phi) is 7.65. The van der Waals surface area contributed by atoms with Gasteiger partial charge in [-0.1, -0.05) is 41.5 Å². The highest BCUT2D eigenvalue weighted by Crippen LogP contribution is 2.48. The zero-order valence-corrected chi connectivity index (χ0v) is 15.8. The summed E-state index contributed by atoms with van der Waals surface area (Å²) in [7, 11) is 3.72. The van der Waals surface area contributed by atoms with E-state index in [-0.39, 0.29) is 29.0 Å². The minimum absolute atomic E-state index is 0.0492. The molecule has 0 spiro atoms. The van der Waals surface area contributed by atoms with Gasteiger partial charge in [0.25, 0.3) is 0 Å². The molecule has 6 N–H and O–H groups in total. The first-order valence-electron chi connectivity index (χ1n) is 7.83. The summed E-state index contributed by atoms with van der Waals surface area (Å²) in [6, 6.07) is 4.63. The minimum Gasteiger partial charge on any atom is -0.504 e. The summed E-state index contributed by atoms with van der Waals surface area (Å²) < 4.78 is 5.15. The number of benzene rings is 1. The maximum atomic E-state index is 9.76. The number of nitrogens with two attached hydrogens (primary N) is 1. The first-order chi connectivity index (χ1) is 11.8. The molecule has 1 aliphatic heterocycles. The van der Waals surface area contributed by atoms with E-state index in [9.17, 15) is 5.11 Å². The molecule has 2 unspecified atom stereocenters. The minimum atomic E-state index is -0.683. The average molecular weight is 392 g/mol. The van der Waals surface area contributed by atoms with E-state index in [1.54, 1.807) is 12.1 Å². The van der Waals surface area contributed by atoms with Crippen molar-refractivity contribution in [3.05, 3.63) is 23.8 Å². The van der Waals surface area contributed by atoms with Gasteiger partial charge in [-0.05, 0) is 23.1 Å². The Hall–Kier alpha value is -0.720. The molecule has 0 radical (unpaired) electrons. The Bertz CT molecular complexity index is 562. The molecule has 0 aliphatic carbocycles. The van der Waals surface area contributed by atoms with Gasteiger partial charge in [0.1, 0.15) is 12.8 Å². The molecule has 10 heteroatoms. The highest BCUT2D eigenvalue weighted by Gasteiger charge is 2.35. The van der Waals surface area contributed by atoms with Gasteiger partial charge < -0.3 is 15.2 Å². The van der Waals surface area contributed by atoms with E-state index < -0.39 is 6.10 Å². The van der Waals surface area contributed by atoms with Crippen molar-refractivity contribution in [2.75, 3.05) is 25.6 Å². The third-order valence-electron chi connectivity index (χ3n) is 3.96. The van der Waals surface area contributed by atoms with Crippen LogP contribution in [0.1, 0.15) is 25.5 Å². The summed E-state index contributed by atoms with van der Waals surface area (Å²) in [5.74, 6) is 1.26. The number of nitrogens with one attached hydrogen (secondary N) is 1. The Morgan fingerprint density at radius 1 is 1.44 bits per heavy atom. The van der Waals surface area contributed by atoms with Crippen LogP contribution in [0.4, 0.5) is 0 Å². The third-order valence-corrected chi connectivity index (χ3v) is 7.46. The summed E-state index contributed by atoms with van der Waals surface area (Å²) in [6.45, 7) is 5.51. The van der Waals surface area contributed by atoms with E-state index in [1.165, 1.54) is 6.07 Å². The first kappa shape index (κ1) is 20.6. The maximum absolute atomic E-state index is 9.76. The van der Waals surface area contributed by atoms with Crippen LogP contribution in [0.25, 0.3) is 0 Å². The Balaban J connectivity index is 2.02. The fourth-order valence-corrected chi connectivity index (χ4v) is 6.38. The lowest BCUT2D eigenvalue weighted by Gasteiger charge is -2.26. The summed E-state index contributed by atoms with van der Waals surface area (Å²) in [5, 5.41) is 31.3. The van der Waals surface area contributed by atoms with Gasteiger partial charge in [0, 0.05) is 24.1 Å². The van der Waals surface area contributed by atoms with Gasteiger partial charge in [-0.15, -0.1) is 0 Å². The van der Waals surface area contributed by atoms with Crippen LogP contribution in [-0.2, 0) is 4.84 Å². The SMILES string of the molecule is CC1(C)CSSC1CNCC(ON(O)O)c1ccc(O)c(OCN)c1. The molecule has 1 aromatic rings. The van der Waals surface area contributed by atoms with Gasteiger partial charge in [-0.3, -0.25) is 16.1 Å². The summed E-state index contributed by atoms with van der Waals surface area (Å²) >= 11 is 0. The molecule has 2 rings (SSSR count). The molecule has 0 amide bonds. The highest BCUT2D eigenvalue weighted by molar-refractivity contribution is 8.77. The zero-order valence-electron chi connectivity index (χ0n) is 14.2. The Morgan fingerprint density at radius 2 is 2.20 bits per heavy atom. The van der Waals surface area contributed by atoms with Crippen LogP contribution in [0.2, 0.25) is 0 Å². The number of ether oxygens (including phenoxy) is 1. The van der Waals surface area contributed by atoms with E-state index in [1.807, 2.05) is 21.6 Å². The average Bonchev–Trinajstić information content (AvgIpc) is 2.87. The van der Waals surface area contributed by atoms with Crippen molar-refractivity contribution in [1.82, 2.24) is 10.7 Å². The van der Waals surface area contributed by atoms with Crippen LogP contribution in [0, 0.1) is 5.41 Å². The summed E-state index contributed by atoms with van der Waals surface area (Å²) in [5.41, 5.74) is 6.18. The fourth-order valence-electron chi connectivity index (χ4n) is 2.41. The van der Waals surface area contributed by atoms with Gasteiger partial charge >= 0.3 is 0 Å². The van der Waals surface area contributed by atoms with Crippen LogP contribution >= 0.6 is 21.6 Å². The number of aromatic hydroxyl groups is 1. The molecule has 1 fully saturated rings. The molecule has 1 saturated heterocycles. The van der Waals surface area contributed by atoms with E-state index in [0.29, 0.717) is 17.4 Å². The van der Waals surface area contributed by atoms with E-state index in [2.05, 4.69) is 19.2 Å². The lowest BCUT2D eigenvalue weighted by atomic mass is 9.91. The first-order valence-corrected chi connectivity index (χ1v) is 10.2. The molecule has 142 valence electrons. The Morgan fingerprint density at radius 3 is 2.80 bits per heavy atom. The number of phenolic OH excluding ortho intramolecular Hbond substituents is 1. The van der Waals surface area contributed by atoms with Crippen LogP contribution in [0.15, 0.2) is 18.2 Å². The molecule has 25 heavy (non-hydrogen) atoms. The van der Waals surface area contributed by atoms with E-state index in [0.717, 1.165) is 12.3 Å². The van der Waals surface area contributed by atoms with Crippen molar-refractivity contribution in [3.63, 3.8) is 0 Å². The second-order valence-corrected chi connectivity index (χ2v) is 8.95. The number of phenols is 1.